The Labute approximate surface area is 144 Å². The highest BCUT2D eigenvalue weighted by atomic mass is 35.5. The first-order chi connectivity index (χ1) is 11.3. The molecule has 0 heterocycles. The van der Waals surface area contributed by atoms with Crippen molar-refractivity contribution in [2.75, 3.05) is 6.54 Å². The van der Waals surface area contributed by atoms with Crippen LogP contribution in [0.3, 0.4) is 0 Å². The molecule has 0 amide bonds. The Kier molecular flexibility index (Phi) is 5.93. The minimum Gasteiger partial charge on any atom is -0.481 e. The molecule has 0 saturated carbocycles. The highest BCUT2D eigenvalue weighted by Gasteiger charge is 2.20. The quantitative estimate of drug-likeness (QED) is 0.783. The van der Waals surface area contributed by atoms with Crippen molar-refractivity contribution >= 4 is 27.6 Å². The molecule has 0 aromatic heterocycles. The highest BCUT2D eigenvalue weighted by Crippen LogP contribution is 2.22. The van der Waals surface area contributed by atoms with E-state index in [4.69, 9.17) is 16.7 Å². The predicted molar refractivity (Wildman–Crippen MR) is 88.0 cm³/mol. The van der Waals surface area contributed by atoms with Gasteiger partial charge in [0.05, 0.1) is 11.3 Å². The van der Waals surface area contributed by atoms with E-state index >= 15 is 0 Å². The lowest BCUT2D eigenvalue weighted by molar-refractivity contribution is -0.137. The third-order valence-corrected chi connectivity index (χ3v) is 5.10. The fourth-order valence-corrected chi connectivity index (χ4v) is 3.37. The third-order valence-electron chi connectivity index (χ3n) is 3.41. The maximum Gasteiger partial charge on any atom is 0.304 e. The van der Waals surface area contributed by atoms with Crippen LogP contribution >= 0.6 is 11.6 Å². The molecular formula is C16H15ClFNO4S. The van der Waals surface area contributed by atoms with Gasteiger partial charge < -0.3 is 5.11 Å². The van der Waals surface area contributed by atoms with E-state index in [-0.39, 0.29) is 17.9 Å². The van der Waals surface area contributed by atoms with Gasteiger partial charge >= 0.3 is 5.97 Å². The first-order valence-electron chi connectivity index (χ1n) is 7.00. The van der Waals surface area contributed by atoms with Crippen molar-refractivity contribution in [3.8, 4) is 0 Å². The standard InChI is InChI=1S/C16H15ClFNO4S/c17-13-3-1-11(2-4-13)12(9-16(20)21)10-19-24(22,23)15-7-5-14(18)6-8-15/h1-8,12,19H,9-10H2,(H,20,21)/t12-/m1/s1. The Morgan fingerprint density at radius 2 is 1.71 bits per heavy atom. The lowest BCUT2D eigenvalue weighted by atomic mass is 9.96. The summed E-state index contributed by atoms with van der Waals surface area (Å²) in [6.07, 6.45) is -0.242. The number of carboxylic acids is 1. The molecule has 0 unspecified atom stereocenters. The van der Waals surface area contributed by atoms with Crippen molar-refractivity contribution in [2.45, 2.75) is 17.2 Å². The number of halogens is 2. The van der Waals surface area contributed by atoms with Gasteiger partial charge in [0.2, 0.25) is 10.0 Å². The number of rotatable bonds is 7. The van der Waals surface area contributed by atoms with Gasteiger partial charge in [-0.1, -0.05) is 23.7 Å². The second kappa shape index (κ2) is 7.74. The van der Waals surface area contributed by atoms with Crippen molar-refractivity contribution in [2.24, 2.45) is 0 Å². The molecule has 2 N–H and O–H groups in total. The molecule has 2 aromatic carbocycles. The molecule has 0 saturated heterocycles. The number of hydrogen-bond acceptors (Lipinski definition) is 3. The van der Waals surface area contributed by atoms with Crippen LogP contribution in [0, 0.1) is 5.82 Å². The van der Waals surface area contributed by atoms with E-state index in [1.807, 2.05) is 0 Å². The number of sulfonamides is 1. The van der Waals surface area contributed by atoms with E-state index in [0.29, 0.717) is 10.6 Å². The molecule has 0 spiro atoms. The first kappa shape index (κ1) is 18.4. The average Bonchev–Trinajstić information content (AvgIpc) is 2.52. The minimum absolute atomic E-state index is 0.0888. The Hall–Kier alpha value is -1.96. The van der Waals surface area contributed by atoms with Crippen molar-refractivity contribution in [3.63, 3.8) is 0 Å². The minimum atomic E-state index is -3.86. The molecule has 0 radical (unpaired) electrons. The molecule has 0 bridgehead atoms. The van der Waals surface area contributed by atoms with Crippen LogP contribution < -0.4 is 4.72 Å². The van der Waals surface area contributed by atoms with Gasteiger partial charge in [-0.15, -0.1) is 0 Å². The van der Waals surface area contributed by atoms with Crippen LogP contribution in [0.25, 0.3) is 0 Å². The molecule has 24 heavy (non-hydrogen) atoms. The summed E-state index contributed by atoms with van der Waals surface area (Å²) >= 11 is 5.81. The number of aliphatic carboxylic acids is 1. The lowest BCUT2D eigenvalue weighted by Crippen LogP contribution is -2.29. The second-order valence-electron chi connectivity index (χ2n) is 5.15. The van der Waals surface area contributed by atoms with E-state index in [9.17, 15) is 17.6 Å². The molecule has 128 valence electrons. The number of carbonyl (C=O) groups is 1. The molecule has 0 aliphatic carbocycles. The number of carboxylic acid groups (broad SMARTS) is 1. The van der Waals surface area contributed by atoms with Gasteiger partial charge in [0.15, 0.2) is 0 Å². The molecule has 1 atom stereocenters. The van der Waals surface area contributed by atoms with Gasteiger partial charge in [-0.3, -0.25) is 4.79 Å². The van der Waals surface area contributed by atoms with Gasteiger partial charge in [-0.25, -0.2) is 17.5 Å². The molecule has 0 aliphatic heterocycles. The SMILES string of the molecule is O=C(O)C[C@H](CNS(=O)(=O)c1ccc(F)cc1)c1ccc(Cl)cc1. The van der Waals surface area contributed by atoms with Crippen LogP contribution in [0.15, 0.2) is 53.4 Å². The highest BCUT2D eigenvalue weighted by molar-refractivity contribution is 7.89. The average molecular weight is 372 g/mol. The topological polar surface area (TPSA) is 83.5 Å². The van der Waals surface area contributed by atoms with Crippen molar-refractivity contribution < 1.29 is 22.7 Å². The smallest absolute Gasteiger partial charge is 0.304 e. The Morgan fingerprint density at radius 3 is 2.25 bits per heavy atom. The largest absolute Gasteiger partial charge is 0.481 e. The van der Waals surface area contributed by atoms with E-state index in [1.54, 1.807) is 24.3 Å². The van der Waals surface area contributed by atoms with E-state index < -0.39 is 27.7 Å². The van der Waals surface area contributed by atoms with Gasteiger partial charge in [-0.05, 0) is 42.0 Å². The molecule has 2 rings (SSSR count). The molecule has 5 nitrogen and oxygen atoms in total. The maximum absolute atomic E-state index is 12.9. The zero-order valence-corrected chi connectivity index (χ0v) is 14.0. The maximum atomic E-state index is 12.9. The summed E-state index contributed by atoms with van der Waals surface area (Å²) in [5.74, 6) is -2.15. The Morgan fingerprint density at radius 1 is 1.12 bits per heavy atom. The van der Waals surface area contributed by atoms with E-state index in [0.717, 1.165) is 24.3 Å². The van der Waals surface area contributed by atoms with Crippen molar-refractivity contribution in [1.82, 2.24) is 4.72 Å². The van der Waals surface area contributed by atoms with Crippen LogP contribution in [0.5, 0.6) is 0 Å². The van der Waals surface area contributed by atoms with E-state index in [1.165, 1.54) is 0 Å². The van der Waals surface area contributed by atoms with E-state index in [2.05, 4.69) is 4.72 Å². The van der Waals surface area contributed by atoms with Crippen LogP contribution in [0.1, 0.15) is 17.9 Å². The Balaban J connectivity index is 2.16. The van der Waals surface area contributed by atoms with Gasteiger partial charge in [0.25, 0.3) is 0 Å². The zero-order valence-electron chi connectivity index (χ0n) is 12.4. The molecular weight excluding hydrogens is 357 g/mol. The zero-order chi connectivity index (χ0) is 17.7. The normalized spacial score (nSPS) is 12.8. The van der Waals surface area contributed by atoms with Gasteiger partial charge in [0.1, 0.15) is 5.82 Å². The summed E-state index contributed by atoms with van der Waals surface area (Å²) in [6, 6.07) is 10.9. The summed E-state index contributed by atoms with van der Waals surface area (Å²) in [4.78, 5) is 10.9. The lowest BCUT2D eigenvalue weighted by Gasteiger charge is -2.16. The number of hydrogen-bond donors (Lipinski definition) is 2. The van der Waals surface area contributed by atoms with Crippen LogP contribution in [-0.4, -0.2) is 26.0 Å². The summed E-state index contributed by atoms with van der Waals surface area (Å²) < 4.78 is 39.7. The summed E-state index contributed by atoms with van der Waals surface area (Å²) in [6.45, 7) is -0.104. The van der Waals surface area contributed by atoms with Crippen LogP contribution in [0.2, 0.25) is 5.02 Å². The van der Waals surface area contributed by atoms with Crippen LogP contribution in [0.4, 0.5) is 4.39 Å². The van der Waals surface area contributed by atoms with Crippen LogP contribution in [-0.2, 0) is 14.8 Å². The van der Waals surface area contributed by atoms with Crippen molar-refractivity contribution in [3.05, 3.63) is 64.9 Å². The summed E-state index contributed by atoms with van der Waals surface area (Å²) in [7, 11) is -3.86. The second-order valence-corrected chi connectivity index (χ2v) is 7.36. The summed E-state index contributed by atoms with van der Waals surface area (Å²) in [5.41, 5.74) is 0.656. The number of nitrogens with one attached hydrogen (secondary N) is 1. The molecule has 8 heteroatoms. The molecule has 2 aromatic rings. The fraction of sp³-hybridized carbons (Fsp3) is 0.188. The predicted octanol–water partition coefficient (Wildman–Crippen LogP) is 3.02. The number of benzene rings is 2. The Bertz CT molecular complexity index is 807. The fourth-order valence-electron chi connectivity index (χ4n) is 2.16. The van der Waals surface area contributed by atoms with Crippen molar-refractivity contribution in [1.29, 1.82) is 0 Å². The monoisotopic (exact) mass is 371 g/mol. The molecule has 0 fully saturated rings. The molecule has 0 aliphatic rings. The van der Waals surface area contributed by atoms with Gasteiger partial charge in [-0.2, -0.15) is 0 Å². The summed E-state index contributed by atoms with van der Waals surface area (Å²) in [5, 5.41) is 9.53. The first-order valence-corrected chi connectivity index (χ1v) is 8.86. The third kappa shape index (κ3) is 5.02. The van der Waals surface area contributed by atoms with Gasteiger partial charge in [0, 0.05) is 17.5 Å².